The third-order valence-electron chi connectivity index (χ3n) is 2.11. The summed E-state index contributed by atoms with van der Waals surface area (Å²) in [5.74, 6) is -1.11. The summed E-state index contributed by atoms with van der Waals surface area (Å²) < 4.78 is 0.590. The van der Waals surface area contributed by atoms with Crippen LogP contribution in [0.4, 0.5) is 10.5 Å². The van der Waals surface area contributed by atoms with Gasteiger partial charge in [0.15, 0.2) is 0 Å². The average Bonchev–Trinajstić information content (AvgIpc) is 2.34. The van der Waals surface area contributed by atoms with Gasteiger partial charge in [-0.1, -0.05) is 34.1 Å². The Kier molecular flexibility index (Phi) is 5.85. The van der Waals surface area contributed by atoms with Crippen molar-refractivity contribution < 1.29 is 14.7 Å². The van der Waals surface area contributed by atoms with Crippen LogP contribution in [0, 0.1) is 0 Å². The number of carboxylic acids is 1. The Bertz CT molecular complexity index is 490. The van der Waals surface area contributed by atoms with Crippen LogP contribution < -0.4 is 10.2 Å². The Morgan fingerprint density at radius 1 is 1.37 bits per heavy atom. The summed E-state index contributed by atoms with van der Waals surface area (Å²) in [5.41, 5.74) is 0.449. The molecule has 0 saturated carbocycles. The van der Waals surface area contributed by atoms with E-state index in [0.717, 1.165) is 4.90 Å². The fraction of sp³-hybridized carbons (Fsp3) is 0.167. The number of carboxylic acid groups (broad SMARTS) is 1. The summed E-state index contributed by atoms with van der Waals surface area (Å²) in [6.45, 7) is 3.35. The number of nitrogens with one attached hydrogen (secondary N) is 1. The molecule has 0 aliphatic heterocycles. The van der Waals surface area contributed by atoms with E-state index in [1.807, 2.05) is 0 Å². The number of carbonyl (C=O) groups excluding carboxylic acids is 1. The molecule has 2 amide bonds. The average molecular weight is 348 g/mol. The van der Waals surface area contributed by atoms with Gasteiger partial charge in [-0.25, -0.2) is 4.79 Å². The molecule has 19 heavy (non-hydrogen) atoms. The van der Waals surface area contributed by atoms with Crippen molar-refractivity contribution in [3.8, 4) is 0 Å². The highest BCUT2D eigenvalue weighted by Crippen LogP contribution is 2.18. The van der Waals surface area contributed by atoms with Crippen LogP contribution in [0.2, 0.25) is 5.02 Å². The lowest BCUT2D eigenvalue weighted by Crippen LogP contribution is -2.43. The zero-order valence-corrected chi connectivity index (χ0v) is 12.2. The maximum atomic E-state index is 11.9. The number of hydrogen-bond acceptors (Lipinski definition) is 2. The van der Waals surface area contributed by atoms with E-state index in [0.29, 0.717) is 15.2 Å². The Morgan fingerprint density at radius 3 is 2.42 bits per heavy atom. The highest BCUT2D eigenvalue weighted by molar-refractivity contribution is 9.11. The van der Waals surface area contributed by atoms with Gasteiger partial charge in [0.2, 0.25) is 0 Å². The molecule has 0 atom stereocenters. The molecule has 0 bridgehead atoms. The van der Waals surface area contributed by atoms with Gasteiger partial charge < -0.3 is 10.4 Å². The van der Waals surface area contributed by atoms with E-state index >= 15 is 0 Å². The number of amides is 2. The molecule has 102 valence electrons. The molecule has 0 unspecified atom stereocenters. The van der Waals surface area contributed by atoms with Crippen molar-refractivity contribution in [3.63, 3.8) is 0 Å². The lowest BCUT2D eigenvalue weighted by Gasteiger charge is -2.21. The molecule has 1 aromatic rings. The molecule has 5 nitrogen and oxygen atoms in total. The van der Waals surface area contributed by atoms with E-state index in [4.69, 9.17) is 16.7 Å². The molecular formula is C12H12BrClN2O3. The van der Waals surface area contributed by atoms with E-state index < -0.39 is 18.5 Å². The second kappa shape index (κ2) is 7.16. The van der Waals surface area contributed by atoms with Gasteiger partial charge in [0.25, 0.3) is 0 Å². The second-order valence-corrected chi connectivity index (χ2v) is 5.19. The molecule has 0 aromatic heterocycles. The van der Waals surface area contributed by atoms with Crippen LogP contribution in [-0.2, 0) is 4.79 Å². The summed E-state index contributed by atoms with van der Waals surface area (Å²) in [6, 6.07) is 5.80. The predicted octanol–water partition coefficient (Wildman–Crippen LogP) is 2.85. The molecule has 0 fully saturated rings. The molecule has 1 rings (SSSR count). The molecule has 0 spiro atoms. The zero-order valence-electron chi connectivity index (χ0n) is 9.90. The van der Waals surface area contributed by atoms with Gasteiger partial charge >= 0.3 is 12.0 Å². The summed E-state index contributed by atoms with van der Waals surface area (Å²) >= 11 is 8.86. The number of urea groups is 1. The zero-order chi connectivity index (χ0) is 14.4. The van der Waals surface area contributed by atoms with Crippen LogP contribution in [0.5, 0.6) is 0 Å². The van der Waals surface area contributed by atoms with E-state index in [1.54, 1.807) is 24.3 Å². The molecule has 0 saturated heterocycles. The maximum Gasteiger partial charge on any atom is 0.323 e. The Morgan fingerprint density at radius 2 is 1.95 bits per heavy atom. The van der Waals surface area contributed by atoms with Gasteiger partial charge in [0.05, 0.1) is 6.54 Å². The fourth-order valence-electron chi connectivity index (χ4n) is 1.30. The first-order valence-electron chi connectivity index (χ1n) is 5.26. The van der Waals surface area contributed by atoms with Crippen molar-refractivity contribution in [2.75, 3.05) is 18.0 Å². The topological polar surface area (TPSA) is 69.6 Å². The van der Waals surface area contributed by atoms with Crippen molar-refractivity contribution in [1.29, 1.82) is 0 Å². The molecule has 7 heteroatoms. The summed E-state index contributed by atoms with van der Waals surface area (Å²) in [5, 5.41) is 11.9. The number of aliphatic carboxylic acids is 1. The van der Waals surface area contributed by atoms with Crippen LogP contribution in [0.1, 0.15) is 0 Å². The van der Waals surface area contributed by atoms with Crippen molar-refractivity contribution in [2.45, 2.75) is 0 Å². The predicted molar refractivity (Wildman–Crippen MR) is 77.9 cm³/mol. The number of halogens is 2. The minimum atomic E-state index is -1.11. The number of anilines is 1. The van der Waals surface area contributed by atoms with Gasteiger partial charge in [-0.2, -0.15) is 0 Å². The number of benzene rings is 1. The maximum absolute atomic E-state index is 11.9. The lowest BCUT2D eigenvalue weighted by molar-refractivity contribution is -0.135. The van der Waals surface area contributed by atoms with Crippen molar-refractivity contribution in [2.24, 2.45) is 0 Å². The molecule has 0 aliphatic rings. The summed E-state index contributed by atoms with van der Waals surface area (Å²) in [7, 11) is 0. The van der Waals surface area contributed by atoms with E-state index in [-0.39, 0.29) is 6.54 Å². The van der Waals surface area contributed by atoms with Gasteiger partial charge in [0, 0.05) is 15.2 Å². The van der Waals surface area contributed by atoms with Crippen molar-refractivity contribution >= 4 is 45.2 Å². The number of hydrogen-bond donors (Lipinski definition) is 2. The minimum Gasteiger partial charge on any atom is -0.480 e. The van der Waals surface area contributed by atoms with Crippen LogP contribution in [-0.4, -0.2) is 30.2 Å². The molecule has 1 aromatic carbocycles. The summed E-state index contributed by atoms with van der Waals surface area (Å²) in [4.78, 5) is 23.8. The fourth-order valence-corrected chi connectivity index (χ4v) is 1.57. The Balaban J connectivity index is 2.87. The molecule has 0 radical (unpaired) electrons. The van der Waals surface area contributed by atoms with E-state index in [2.05, 4.69) is 27.8 Å². The molecule has 2 N–H and O–H groups in total. The highest BCUT2D eigenvalue weighted by atomic mass is 79.9. The van der Waals surface area contributed by atoms with E-state index in [1.165, 1.54) is 0 Å². The lowest BCUT2D eigenvalue weighted by atomic mass is 10.3. The number of nitrogens with zero attached hydrogens (tertiary/aromatic N) is 1. The van der Waals surface area contributed by atoms with E-state index in [9.17, 15) is 9.59 Å². The quantitative estimate of drug-likeness (QED) is 0.860. The number of carbonyl (C=O) groups is 2. The molecular weight excluding hydrogens is 336 g/mol. The smallest absolute Gasteiger partial charge is 0.323 e. The van der Waals surface area contributed by atoms with Crippen LogP contribution >= 0.6 is 27.5 Å². The number of rotatable bonds is 5. The minimum absolute atomic E-state index is 0.211. The Labute approximate surface area is 124 Å². The first-order chi connectivity index (χ1) is 8.90. The first-order valence-corrected chi connectivity index (χ1v) is 6.43. The van der Waals surface area contributed by atoms with Gasteiger partial charge in [-0.05, 0) is 24.3 Å². The third kappa shape index (κ3) is 5.32. The Hall–Kier alpha value is -1.53. The van der Waals surface area contributed by atoms with Gasteiger partial charge in [-0.3, -0.25) is 9.69 Å². The van der Waals surface area contributed by atoms with Crippen molar-refractivity contribution in [3.05, 3.63) is 40.3 Å². The molecule has 0 aliphatic carbocycles. The summed E-state index contributed by atoms with van der Waals surface area (Å²) in [6.07, 6.45) is 0. The van der Waals surface area contributed by atoms with Crippen LogP contribution in [0.15, 0.2) is 35.3 Å². The SMILES string of the molecule is C=C(Br)CNC(=O)N(CC(=O)O)c1ccc(Cl)cc1. The third-order valence-corrected chi connectivity index (χ3v) is 2.64. The normalized spacial score (nSPS) is 9.79. The highest BCUT2D eigenvalue weighted by Gasteiger charge is 2.18. The standard InChI is InChI=1S/C12H12BrClN2O3/c1-8(13)6-15-12(19)16(7-11(17)18)10-4-2-9(14)3-5-10/h2-5H,1,6-7H2,(H,15,19)(H,17,18). The molecule has 0 heterocycles. The largest absolute Gasteiger partial charge is 0.480 e. The van der Waals surface area contributed by atoms with Gasteiger partial charge in [-0.15, -0.1) is 0 Å². The van der Waals surface area contributed by atoms with Crippen molar-refractivity contribution in [1.82, 2.24) is 5.32 Å². The first kappa shape index (κ1) is 15.5. The monoisotopic (exact) mass is 346 g/mol. The van der Waals surface area contributed by atoms with Gasteiger partial charge in [0.1, 0.15) is 6.54 Å². The second-order valence-electron chi connectivity index (χ2n) is 3.63. The van der Waals surface area contributed by atoms with Crippen LogP contribution in [0.3, 0.4) is 0 Å². The van der Waals surface area contributed by atoms with Crippen LogP contribution in [0.25, 0.3) is 0 Å².